The first-order chi connectivity index (χ1) is 12.3. The minimum Gasteiger partial charge on any atom is -0.349 e. The number of nitrogens with one attached hydrogen (secondary N) is 2. The van der Waals surface area contributed by atoms with Crippen molar-refractivity contribution in [2.24, 2.45) is 0 Å². The van der Waals surface area contributed by atoms with Crippen molar-refractivity contribution in [3.8, 4) is 0 Å². The van der Waals surface area contributed by atoms with Crippen molar-refractivity contribution in [1.29, 1.82) is 0 Å². The molecule has 0 bridgehead atoms. The largest absolute Gasteiger partial charge is 0.349 e. The summed E-state index contributed by atoms with van der Waals surface area (Å²) in [7, 11) is 0. The van der Waals surface area contributed by atoms with Crippen LogP contribution in [-0.4, -0.2) is 30.0 Å². The van der Waals surface area contributed by atoms with Crippen LogP contribution >= 0.6 is 11.8 Å². The monoisotopic (exact) mass is 354 g/mol. The van der Waals surface area contributed by atoms with Crippen LogP contribution < -0.4 is 10.6 Å². The molecule has 1 heterocycles. The minimum absolute atomic E-state index is 0.0603. The number of hydrogen-bond donors (Lipinski definition) is 2. The molecule has 1 amide bonds. The molecule has 1 saturated heterocycles. The predicted octanol–water partition coefficient (Wildman–Crippen LogP) is 3.57. The van der Waals surface area contributed by atoms with E-state index in [0.29, 0.717) is 12.5 Å². The number of amides is 1. The molecular weight excluding hydrogens is 328 g/mol. The third kappa shape index (κ3) is 5.91. The van der Waals surface area contributed by atoms with Crippen LogP contribution in [0.25, 0.3) is 0 Å². The summed E-state index contributed by atoms with van der Waals surface area (Å²) in [6.07, 6.45) is 2.42. The van der Waals surface area contributed by atoms with Crippen LogP contribution in [0.4, 0.5) is 0 Å². The predicted molar refractivity (Wildman–Crippen MR) is 106 cm³/mol. The van der Waals surface area contributed by atoms with Crippen molar-refractivity contribution < 1.29 is 4.79 Å². The number of benzene rings is 2. The molecule has 1 aliphatic heterocycles. The van der Waals surface area contributed by atoms with Crippen LogP contribution in [0.2, 0.25) is 0 Å². The lowest BCUT2D eigenvalue weighted by Crippen LogP contribution is -2.42. The van der Waals surface area contributed by atoms with Gasteiger partial charge in [0.25, 0.3) is 0 Å². The molecule has 2 N–H and O–H groups in total. The van der Waals surface area contributed by atoms with E-state index in [0.717, 1.165) is 30.9 Å². The van der Waals surface area contributed by atoms with Crippen molar-refractivity contribution in [2.45, 2.75) is 31.3 Å². The third-order valence-electron chi connectivity index (χ3n) is 4.53. The molecule has 0 aliphatic carbocycles. The normalized spacial score (nSPS) is 18.5. The number of thioether (sulfide) groups is 1. The highest BCUT2D eigenvalue weighted by Crippen LogP contribution is 2.20. The van der Waals surface area contributed by atoms with Gasteiger partial charge in [-0.15, -0.1) is 0 Å². The Labute approximate surface area is 154 Å². The summed E-state index contributed by atoms with van der Waals surface area (Å²) in [6.45, 7) is 0.999. The number of hydrogen-bond acceptors (Lipinski definition) is 3. The standard InChI is InChI=1S/C21H26N2OS/c24-21(15-19-16-25-14-13-22-19)23-20(18-9-5-2-6-10-18)12-11-17-7-3-1-4-8-17/h1-10,19-20,22H,11-16H2,(H,23,24). The summed E-state index contributed by atoms with van der Waals surface area (Å²) in [5.74, 6) is 2.30. The maximum atomic E-state index is 12.5. The number of rotatable bonds is 7. The van der Waals surface area contributed by atoms with Crippen molar-refractivity contribution in [3.63, 3.8) is 0 Å². The van der Waals surface area contributed by atoms with Gasteiger partial charge in [-0.05, 0) is 24.0 Å². The first kappa shape index (κ1) is 18.0. The molecule has 132 valence electrons. The average molecular weight is 355 g/mol. The van der Waals surface area contributed by atoms with Crippen molar-refractivity contribution in [1.82, 2.24) is 10.6 Å². The van der Waals surface area contributed by atoms with Crippen molar-refractivity contribution in [2.75, 3.05) is 18.1 Å². The molecule has 0 spiro atoms. The lowest BCUT2D eigenvalue weighted by molar-refractivity contribution is -0.122. The van der Waals surface area contributed by atoms with Gasteiger partial charge in [-0.3, -0.25) is 4.79 Å². The highest BCUT2D eigenvalue weighted by Gasteiger charge is 2.20. The van der Waals surface area contributed by atoms with Crippen LogP contribution in [-0.2, 0) is 11.2 Å². The topological polar surface area (TPSA) is 41.1 Å². The molecular formula is C21H26N2OS. The second kappa shape index (κ2) is 9.64. The van der Waals surface area contributed by atoms with Crippen LogP contribution in [0.3, 0.4) is 0 Å². The Hall–Kier alpha value is -1.78. The fourth-order valence-electron chi connectivity index (χ4n) is 3.19. The zero-order valence-corrected chi connectivity index (χ0v) is 15.3. The molecule has 3 rings (SSSR count). The van der Waals surface area contributed by atoms with Gasteiger partial charge in [0.15, 0.2) is 0 Å². The molecule has 2 aromatic carbocycles. The van der Waals surface area contributed by atoms with Crippen LogP contribution in [0.1, 0.15) is 30.0 Å². The molecule has 25 heavy (non-hydrogen) atoms. The summed E-state index contributed by atoms with van der Waals surface area (Å²) in [5.41, 5.74) is 2.49. The molecule has 3 nitrogen and oxygen atoms in total. The third-order valence-corrected chi connectivity index (χ3v) is 5.66. The molecule has 0 saturated carbocycles. The van der Waals surface area contributed by atoms with Gasteiger partial charge in [0, 0.05) is 30.5 Å². The maximum Gasteiger partial charge on any atom is 0.222 e. The van der Waals surface area contributed by atoms with Gasteiger partial charge in [0.05, 0.1) is 6.04 Å². The van der Waals surface area contributed by atoms with Crippen LogP contribution in [0.15, 0.2) is 60.7 Å². The Balaban J connectivity index is 1.60. The van der Waals surface area contributed by atoms with E-state index < -0.39 is 0 Å². The van der Waals surface area contributed by atoms with Crippen molar-refractivity contribution >= 4 is 17.7 Å². The minimum atomic E-state index is 0.0603. The Bertz CT molecular complexity index is 641. The van der Waals surface area contributed by atoms with Gasteiger partial charge < -0.3 is 10.6 Å². The van der Waals surface area contributed by atoms with Gasteiger partial charge in [0.2, 0.25) is 5.91 Å². The van der Waals surface area contributed by atoms with E-state index in [2.05, 4.69) is 47.0 Å². The zero-order valence-electron chi connectivity index (χ0n) is 14.5. The highest BCUT2D eigenvalue weighted by atomic mass is 32.2. The Kier molecular flexibility index (Phi) is 6.95. The SMILES string of the molecule is O=C(CC1CSCCN1)NC(CCc1ccccc1)c1ccccc1. The lowest BCUT2D eigenvalue weighted by Gasteiger charge is -2.25. The summed E-state index contributed by atoms with van der Waals surface area (Å²) >= 11 is 1.93. The lowest BCUT2D eigenvalue weighted by atomic mass is 9.98. The molecule has 2 aromatic rings. The molecule has 4 heteroatoms. The fourth-order valence-corrected chi connectivity index (χ4v) is 4.14. The smallest absolute Gasteiger partial charge is 0.222 e. The maximum absolute atomic E-state index is 12.5. The van der Waals surface area contributed by atoms with E-state index in [9.17, 15) is 4.79 Å². The van der Waals surface area contributed by atoms with Gasteiger partial charge in [-0.25, -0.2) is 0 Å². The molecule has 2 unspecified atom stereocenters. The quantitative estimate of drug-likeness (QED) is 0.799. The number of carbonyl (C=O) groups is 1. The van der Waals surface area contributed by atoms with Gasteiger partial charge in [0.1, 0.15) is 0 Å². The Morgan fingerprint density at radius 3 is 2.52 bits per heavy atom. The van der Waals surface area contributed by atoms with E-state index in [-0.39, 0.29) is 11.9 Å². The summed E-state index contributed by atoms with van der Waals surface area (Å²) in [4.78, 5) is 12.5. The van der Waals surface area contributed by atoms with E-state index in [1.807, 2.05) is 36.0 Å². The number of aryl methyl sites for hydroxylation is 1. The first-order valence-corrected chi connectivity index (χ1v) is 10.2. The summed E-state index contributed by atoms with van der Waals surface area (Å²) in [6, 6.07) is 21.1. The van der Waals surface area contributed by atoms with E-state index in [4.69, 9.17) is 0 Å². The van der Waals surface area contributed by atoms with Crippen molar-refractivity contribution in [3.05, 3.63) is 71.8 Å². The van der Waals surface area contributed by atoms with Crippen LogP contribution in [0, 0.1) is 0 Å². The van der Waals surface area contributed by atoms with E-state index in [1.54, 1.807) is 0 Å². The fraction of sp³-hybridized carbons (Fsp3) is 0.381. The average Bonchev–Trinajstić information content (AvgIpc) is 2.67. The van der Waals surface area contributed by atoms with E-state index in [1.165, 1.54) is 11.1 Å². The van der Waals surface area contributed by atoms with E-state index >= 15 is 0 Å². The summed E-state index contributed by atoms with van der Waals surface area (Å²) < 4.78 is 0. The van der Waals surface area contributed by atoms with Gasteiger partial charge in [-0.2, -0.15) is 11.8 Å². The molecule has 0 radical (unpaired) electrons. The Morgan fingerprint density at radius 1 is 1.12 bits per heavy atom. The Morgan fingerprint density at radius 2 is 1.84 bits per heavy atom. The van der Waals surface area contributed by atoms with Crippen LogP contribution in [0.5, 0.6) is 0 Å². The molecule has 2 atom stereocenters. The second-order valence-corrected chi connectivity index (χ2v) is 7.63. The zero-order chi connectivity index (χ0) is 17.3. The second-order valence-electron chi connectivity index (χ2n) is 6.49. The molecule has 0 aromatic heterocycles. The van der Waals surface area contributed by atoms with Gasteiger partial charge in [-0.1, -0.05) is 60.7 Å². The number of carbonyl (C=O) groups excluding carboxylic acids is 1. The first-order valence-electron chi connectivity index (χ1n) is 9.00. The molecule has 1 aliphatic rings. The summed E-state index contributed by atoms with van der Waals surface area (Å²) in [5, 5.41) is 6.70. The highest BCUT2D eigenvalue weighted by molar-refractivity contribution is 7.99. The molecule has 1 fully saturated rings. The van der Waals surface area contributed by atoms with Gasteiger partial charge >= 0.3 is 0 Å².